The van der Waals surface area contributed by atoms with E-state index in [2.05, 4.69) is 23.6 Å². The lowest BCUT2D eigenvalue weighted by Crippen LogP contribution is -2.58. The zero-order chi connectivity index (χ0) is 12.1. The molecule has 2 aliphatic rings. The number of hydrogen-bond donors (Lipinski definition) is 1. The van der Waals surface area contributed by atoms with Gasteiger partial charge in [-0.2, -0.15) is 11.8 Å². The number of nitrogens with zero attached hydrogens (tertiary/aromatic N) is 1. The molecule has 100 valence electrons. The molecule has 0 bridgehead atoms. The first-order valence-electron chi connectivity index (χ1n) is 7.33. The fourth-order valence-electron chi connectivity index (χ4n) is 3.60. The maximum Gasteiger partial charge on any atom is 0.0332 e. The highest BCUT2D eigenvalue weighted by molar-refractivity contribution is 7.99. The third kappa shape index (κ3) is 3.18. The number of hydrogen-bond acceptors (Lipinski definition) is 3. The molecule has 2 fully saturated rings. The molecule has 3 heteroatoms. The molecule has 2 rings (SSSR count). The Bertz CT molecular complexity index is 218. The van der Waals surface area contributed by atoms with E-state index in [-0.39, 0.29) is 0 Å². The van der Waals surface area contributed by atoms with Crippen LogP contribution in [0.3, 0.4) is 0 Å². The summed E-state index contributed by atoms with van der Waals surface area (Å²) in [5.74, 6) is 3.60. The van der Waals surface area contributed by atoms with E-state index in [1.54, 1.807) is 0 Å². The van der Waals surface area contributed by atoms with E-state index < -0.39 is 0 Å². The Kier molecular flexibility index (Phi) is 5.19. The lowest BCUT2D eigenvalue weighted by molar-refractivity contribution is 0.0492. The average molecular weight is 256 g/mol. The van der Waals surface area contributed by atoms with Crippen LogP contribution >= 0.6 is 11.8 Å². The van der Waals surface area contributed by atoms with Crippen LogP contribution in [0.15, 0.2) is 0 Å². The van der Waals surface area contributed by atoms with Crippen molar-refractivity contribution in [1.82, 2.24) is 4.90 Å². The standard InChI is InChI=1S/C14H28N2S/c1-2-3-13-4-6-14(12-15,7-5-13)16-8-10-17-11-9-16/h13H,2-12,15H2,1H3. The lowest BCUT2D eigenvalue weighted by Gasteiger charge is -2.49. The first kappa shape index (κ1) is 13.7. The summed E-state index contributed by atoms with van der Waals surface area (Å²) in [5, 5.41) is 0. The summed E-state index contributed by atoms with van der Waals surface area (Å²) in [6.07, 6.45) is 8.29. The molecule has 1 saturated heterocycles. The summed E-state index contributed by atoms with van der Waals surface area (Å²) in [4.78, 5) is 2.71. The number of nitrogens with two attached hydrogens (primary N) is 1. The number of thioether (sulfide) groups is 1. The normalized spacial score (nSPS) is 36.0. The van der Waals surface area contributed by atoms with Gasteiger partial charge in [-0.15, -0.1) is 0 Å². The Hall–Kier alpha value is 0.270. The molecule has 1 heterocycles. The SMILES string of the molecule is CCCC1CCC(CN)(N2CCSCC2)CC1. The Morgan fingerprint density at radius 1 is 1.24 bits per heavy atom. The van der Waals surface area contributed by atoms with Gasteiger partial charge in [-0.05, 0) is 31.6 Å². The minimum absolute atomic E-state index is 0.366. The van der Waals surface area contributed by atoms with Crippen molar-refractivity contribution in [2.24, 2.45) is 11.7 Å². The third-order valence-electron chi connectivity index (χ3n) is 4.79. The van der Waals surface area contributed by atoms with Gasteiger partial charge in [-0.25, -0.2) is 0 Å². The van der Waals surface area contributed by atoms with Crippen molar-refractivity contribution in [3.63, 3.8) is 0 Å². The highest BCUT2D eigenvalue weighted by atomic mass is 32.2. The summed E-state index contributed by atoms with van der Waals surface area (Å²) in [5.41, 5.74) is 6.51. The zero-order valence-corrected chi connectivity index (χ0v) is 12.1. The van der Waals surface area contributed by atoms with Crippen LogP contribution in [0.1, 0.15) is 45.4 Å². The average Bonchev–Trinajstić information content (AvgIpc) is 2.41. The highest BCUT2D eigenvalue weighted by Crippen LogP contribution is 2.38. The first-order chi connectivity index (χ1) is 8.30. The van der Waals surface area contributed by atoms with Gasteiger partial charge in [0.25, 0.3) is 0 Å². The van der Waals surface area contributed by atoms with Crippen LogP contribution in [0.25, 0.3) is 0 Å². The molecule has 0 spiro atoms. The van der Waals surface area contributed by atoms with E-state index in [1.165, 1.54) is 63.1 Å². The Morgan fingerprint density at radius 2 is 1.88 bits per heavy atom. The van der Waals surface area contributed by atoms with Crippen molar-refractivity contribution in [1.29, 1.82) is 0 Å². The molecule has 0 atom stereocenters. The van der Waals surface area contributed by atoms with E-state index in [9.17, 15) is 0 Å². The van der Waals surface area contributed by atoms with Gasteiger partial charge in [0, 0.05) is 36.7 Å². The summed E-state index contributed by atoms with van der Waals surface area (Å²) in [6, 6.07) is 0. The predicted octanol–water partition coefficient (Wildman–Crippen LogP) is 2.72. The van der Waals surface area contributed by atoms with Crippen molar-refractivity contribution >= 4 is 11.8 Å². The van der Waals surface area contributed by atoms with Gasteiger partial charge in [-0.3, -0.25) is 4.90 Å². The monoisotopic (exact) mass is 256 g/mol. The van der Waals surface area contributed by atoms with Crippen molar-refractivity contribution in [3.05, 3.63) is 0 Å². The van der Waals surface area contributed by atoms with Crippen molar-refractivity contribution < 1.29 is 0 Å². The molecule has 0 radical (unpaired) electrons. The highest BCUT2D eigenvalue weighted by Gasteiger charge is 2.39. The Balaban J connectivity index is 1.92. The molecule has 0 aromatic carbocycles. The molecular weight excluding hydrogens is 228 g/mol. The molecule has 2 N–H and O–H groups in total. The molecule has 1 saturated carbocycles. The molecule has 0 aromatic rings. The molecule has 0 aromatic heterocycles. The van der Waals surface area contributed by atoms with Crippen LogP contribution in [-0.2, 0) is 0 Å². The Labute approximate surface area is 111 Å². The van der Waals surface area contributed by atoms with E-state index >= 15 is 0 Å². The van der Waals surface area contributed by atoms with E-state index in [0.29, 0.717) is 5.54 Å². The molecule has 0 unspecified atom stereocenters. The van der Waals surface area contributed by atoms with Crippen LogP contribution in [0.4, 0.5) is 0 Å². The molecule has 17 heavy (non-hydrogen) atoms. The van der Waals surface area contributed by atoms with Gasteiger partial charge >= 0.3 is 0 Å². The maximum atomic E-state index is 6.14. The van der Waals surface area contributed by atoms with E-state index in [1.807, 2.05) is 0 Å². The minimum Gasteiger partial charge on any atom is -0.329 e. The van der Waals surface area contributed by atoms with Crippen LogP contribution in [0.2, 0.25) is 0 Å². The van der Waals surface area contributed by atoms with Crippen LogP contribution in [0.5, 0.6) is 0 Å². The summed E-state index contributed by atoms with van der Waals surface area (Å²) in [6.45, 7) is 5.71. The van der Waals surface area contributed by atoms with Crippen molar-refractivity contribution in [2.75, 3.05) is 31.1 Å². The molecular formula is C14H28N2S. The van der Waals surface area contributed by atoms with Gasteiger partial charge in [-0.1, -0.05) is 19.8 Å². The fourth-order valence-corrected chi connectivity index (χ4v) is 4.50. The molecule has 1 aliphatic heterocycles. The second kappa shape index (κ2) is 6.44. The topological polar surface area (TPSA) is 29.3 Å². The molecule has 0 amide bonds. The fraction of sp³-hybridized carbons (Fsp3) is 1.00. The largest absolute Gasteiger partial charge is 0.329 e. The van der Waals surface area contributed by atoms with Crippen molar-refractivity contribution in [3.8, 4) is 0 Å². The minimum atomic E-state index is 0.366. The van der Waals surface area contributed by atoms with Gasteiger partial charge < -0.3 is 5.73 Å². The quantitative estimate of drug-likeness (QED) is 0.838. The van der Waals surface area contributed by atoms with E-state index in [4.69, 9.17) is 5.73 Å². The summed E-state index contributed by atoms with van der Waals surface area (Å²) >= 11 is 2.10. The predicted molar refractivity (Wildman–Crippen MR) is 77.5 cm³/mol. The third-order valence-corrected chi connectivity index (χ3v) is 5.74. The Morgan fingerprint density at radius 3 is 2.41 bits per heavy atom. The maximum absolute atomic E-state index is 6.14. The smallest absolute Gasteiger partial charge is 0.0332 e. The second-order valence-electron chi connectivity index (χ2n) is 5.76. The van der Waals surface area contributed by atoms with Crippen LogP contribution in [0, 0.1) is 5.92 Å². The summed E-state index contributed by atoms with van der Waals surface area (Å²) in [7, 11) is 0. The molecule has 2 nitrogen and oxygen atoms in total. The van der Waals surface area contributed by atoms with Gasteiger partial charge in [0.2, 0.25) is 0 Å². The second-order valence-corrected chi connectivity index (χ2v) is 6.98. The lowest BCUT2D eigenvalue weighted by atomic mass is 9.74. The van der Waals surface area contributed by atoms with Gasteiger partial charge in [0.05, 0.1) is 0 Å². The first-order valence-corrected chi connectivity index (χ1v) is 8.49. The van der Waals surface area contributed by atoms with Crippen LogP contribution < -0.4 is 5.73 Å². The van der Waals surface area contributed by atoms with Crippen molar-refractivity contribution in [2.45, 2.75) is 51.0 Å². The van der Waals surface area contributed by atoms with Gasteiger partial charge in [0.1, 0.15) is 0 Å². The number of rotatable bonds is 4. The van der Waals surface area contributed by atoms with E-state index in [0.717, 1.165) is 12.5 Å². The summed E-state index contributed by atoms with van der Waals surface area (Å²) < 4.78 is 0. The van der Waals surface area contributed by atoms with Crippen LogP contribution in [-0.4, -0.2) is 41.6 Å². The molecule has 1 aliphatic carbocycles. The zero-order valence-electron chi connectivity index (χ0n) is 11.3. The van der Waals surface area contributed by atoms with Gasteiger partial charge in [0.15, 0.2) is 0 Å².